The number of carbonyl (C=O) groups is 1. The van der Waals surface area contributed by atoms with E-state index >= 15 is 0 Å². The molecule has 2 heterocycles. The van der Waals surface area contributed by atoms with Crippen molar-refractivity contribution in [2.45, 2.75) is 6.42 Å². The van der Waals surface area contributed by atoms with Crippen LogP contribution in [-0.2, 0) is 14.3 Å². The molecule has 0 aromatic rings. The Morgan fingerprint density at radius 1 is 1.15 bits per heavy atom. The summed E-state index contributed by atoms with van der Waals surface area (Å²) in [6.45, 7) is 4.19. The Balaban J connectivity index is 1.87. The van der Waals surface area contributed by atoms with Crippen molar-refractivity contribution >= 4 is 5.91 Å². The molecule has 0 radical (unpaired) electrons. The summed E-state index contributed by atoms with van der Waals surface area (Å²) < 4.78 is 10.4. The second-order valence-electron chi connectivity index (χ2n) is 3.50. The fourth-order valence-electron chi connectivity index (χ4n) is 1.77. The van der Waals surface area contributed by atoms with Crippen LogP contribution in [0.4, 0.5) is 0 Å². The molecule has 0 N–H and O–H groups in total. The van der Waals surface area contributed by atoms with Crippen LogP contribution in [0.1, 0.15) is 6.42 Å². The van der Waals surface area contributed by atoms with E-state index in [9.17, 15) is 4.79 Å². The van der Waals surface area contributed by atoms with E-state index in [0.29, 0.717) is 19.8 Å². The van der Waals surface area contributed by atoms with Gasteiger partial charge in [-0.3, -0.25) is 4.79 Å². The van der Waals surface area contributed by atoms with Gasteiger partial charge in [0.1, 0.15) is 0 Å². The highest BCUT2D eigenvalue weighted by atomic mass is 16.5. The first-order chi connectivity index (χ1) is 6.38. The van der Waals surface area contributed by atoms with E-state index in [0.717, 1.165) is 26.1 Å². The summed E-state index contributed by atoms with van der Waals surface area (Å²) in [7, 11) is 0. The largest absolute Gasteiger partial charge is 0.381 e. The Labute approximate surface area is 77.8 Å². The standard InChI is InChI=1S/C9H15NO3/c11-9(8-1-4-13-7-8)10-2-5-12-6-3-10/h8H,1-7H2/t8-/m0/s1. The van der Waals surface area contributed by atoms with Crippen molar-refractivity contribution in [3.63, 3.8) is 0 Å². The molecule has 2 saturated heterocycles. The van der Waals surface area contributed by atoms with Crippen LogP contribution >= 0.6 is 0 Å². The average Bonchev–Trinajstić information content (AvgIpc) is 2.71. The lowest BCUT2D eigenvalue weighted by Gasteiger charge is -2.28. The van der Waals surface area contributed by atoms with E-state index in [4.69, 9.17) is 9.47 Å². The van der Waals surface area contributed by atoms with Gasteiger partial charge in [0.25, 0.3) is 0 Å². The summed E-state index contributed by atoms with van der Waals surface area (Å²) in [5.41, 5.74) is 0. The molecule has 0 saturated carbocycles. The van der Waals surface area contributed by atoms with Crippen molar-refractivity contribution in [1.29, 1.82) is 0 Å². The third-order valence-electron chi connectivity index (χ3n) is 2.60. The quantitative estimate of drug-likeness (QED) is 0.571. The normalized spacial score (nSPS) is 29.2. The molecule has 2 rings (SSSR count). The van der Waals surface area contributed by atoms with Gasteiger partial charge in [0, 0.05) is 19.7 Å². The highest BCUT2D eigenvalue weighted by Crippen LogP contribution is 2.16. The SMILES string of the molecule is O=C([C@H]1CCOC1)N1CCOCC1. The molecular formula is C9H15NO3. The first-order valence-corrected chi connectivity index (χ1v) is 4.82. The highest BCUT2D eigenvalue weighted by molar-refractivity contribution is 5.79. The van der Waals surface area contributed by atoms with Crippen molar-refractivity contribution in [2.75, 3.05) is 39.5 Å². The van der Waals surface area contributed by atoms with E-state index < -0.39 is 0 Å². The molecule has 2 aliphatic rings. The van der Waals surface area contributed by atoms with Gasteiger partial charge in [0.15, 0.2) is 0 Å². The molecule has 0 aliphatic carbocycles. The van der Waals surface area contributed by atoms with Gasteiger partial charge in [-0.05, 0) is 6.42 Å². The Bertz CT molecular complexity index is 183. The summed E-state index contributed by atoms with van der Waals surface area (Å²) in [5, 5.41) is 0. The van der Waals surface area contributed by atoms with E-state index in [-0.39, 0.29) is 11.8 Å². The van der Waals surface area contributed by atoms with Gasteiger partial charge in [0.2, 0.25) is 5.91 Å². The van der Waals surface area contributed by atoms with E-state index in [1.165, 1.54) is 0 Å². The van der Waals surface area contributed by atoms with Gasteiger partial charge >= 0.3 is 0 Å². The zero-order valence-corrected chi connectivity index (χ0v) is 7.70. The minimum Gasteiger partial charge on any atom is -0.381 e. The fourth-order valence-corrected chi connectivity index (χ4v) is 1.77. The zero-order valence-electron chi connectivity index (χ0n) is 7.70. The predicted octanol–water partition coefficient (Wildman–Crippen LogP) is -0.118. The fraction of sp³-hybridized carbons (Fsp3) is 0.889. The van der Waals surface area contributed by atoms with Crippen molar-refractivity contribution in [2.24, 2.45) is 5.92 Å². The lowest BCUT2D eigenvalue weighted by molar-refractivity contribution is -0.139. The predicted molar refractivity (Wildman–Crippen MR) is 46.3 cm³/mol. The Morgan fingerprint density at radius 2 is 1.92 bits per heavy atom. The Morgan fingerprint density at radius 3 is 2.54 bits per heavy atom. The maximum Gasteiger partial charge on any atom is 0.228 e. The van der Waals surface area contributed by atoms with E-state index in [1.54, 1.807) is 0 Å². The molecule has 0 bridgehead atoms. The number of hydrogen-bond donors (Lipinski definition) is 0. The van der Waals surface area contributed by atoms with Crippen LogP contribution in [-0.4, -0.2) is 50.3 Å². The summed E-state index contributed by atoms with van der Waals surface area (Å²) in [6.07, 6.45) is 0.885. The molecule has 0 aromatic carbocycles. The van der Waals surface area contributed by atoms with E-state index in [2.05, 4.69) is 0 Å². The smallest absolute Gasteiger partial charge is 0.228 e. The van der Waals surface area contributed by atoms with Crippen LogP contribution in [0.5, 0.6) is 0 Å². The number of carbonyl (C=O) groups excluding carboxylic acids is 1. The third kappa shape index (κ3) is 2.00. The summed E-state index contributed by atoms with van der Waals surface area (Å²) in [6, 6.07) is 0. The topological polar surface area (TPSA) is 38.8 Å². The van der Waals surface area contributed by atoms with Gasteiger partial charge in [-0.15, -0.1) is 0 Å². The zero-order chi connectivity index (χ0) is 9.10. The van der Waals surface area contributed by atoms with Crippen LogP contribution in [0, 0.1) is 5.92 Å². The van der Waals surface area contributed by atoms with Gasteiger partial charge in [-0.25, -0.2) is 0 Å². The number of rotatable bonds is 1. The van der Waals surface area contributed by atoms with Gasteiger partial charge in [0.05, 0.1) is 25.7 Å². The Kier molecular flexibility index (Phi) is 2.80. The molecule has 0 spiro atoms. The van der Waals surface area contributed by atoms with Crippen molar-refractivity contribution in [1.82, 2.24) is 4.90 Å². The minimum atomic E-state index is 0.109. The molecule has 2 aliphatic heterocycles. The molecule has 0 unspecified atom stereocenters. The molecule has 0 aromatic heterocycles. The second kappa shape index (κ2) is 4.07. The number of morpholine rings is 1. The van der Waals surface area contributed by atoms with Crippen LogP contribution in [0.15, 0.2) is 0 Å². The molecule has 4 nitrogen and oxygen atoms in total. The summed E-state index contributed by atoms with van der Waals surface area (Å²) >= 11 is 0. The monoisotopic (exact) mass is 185 g/mol. The van der Waals surface area contributed by atoms with Gasteiger partial charge < -0.3 is 14.4 Å². The van der Waals surface area contributed by atoms with Gasteiger partial charge in [-0.2, -0.15) is 0 Å². The third-order valence-corrected chi connectivity index (χ3v) is 2.60. The van der Waals surface area contributed by atoms with Gasteiger partial charge in [-0.1, -0.05) is 0 Å². The first-order valence-electron chi connectivity index (χ1n) is 4.82. The minimum absolute atomic E-state index is 0.109. The second-order valence-corrected chi connectivity index (χ2v) is 3.50. The molecule has 4 heteroatoms. The number of hydrogen-bond acceptors (Lipinski definition) is 3. The maximum absolute atomic E-state index is 11.8. The summed E-state index contributed by atoms with van der Waals surface area (Å²) in [5.74, 6) is 0.360. The van der Waals surface area contributed by atoms with Crippen molar-refractivity contribution < 1.29 is 14.3 Å². The molecule has 74 valence electrons. The molecular weight excluding hydrogens is 170 g/mol. The number of amides is 1. The van der Waals surface area contributed by atoms with Crippen LogP contribution < -0.4 is 0 Å². The van der Waals surface area contributed by atoms with Crippen molar-refractivity contribution in [3.05, 3.63) is 0 Å². The van der Waals surface area contributed by atoms with Crippen LogP contribution in [0.2, 0.25) is 0 Å². The average molecular weight is 185 g/mol. The number of nitrogens with zero attached hydrogens (tertiary/aromatic N) is 1. The lowest BCUT2D eigenvalue weighted by atomic mass is 10.1. The maximum atomic E-state index is 11.8. The van der Waals surface area contributed by atoms with Crippen LogP contribution in [0.25, 0.3) is 0 Å². The van der Waals surface area contributed by atoms with E-state index in [1.807, 2.05) is 4.90 Å². The van der Waals surface area contributed by atoms with Crippen molar-refractivity contribution in [3.8, 4) is 0 Å². The molecule has 2 fully saturated rings. The first kappa shape index (κ1) is 8.97. The number of ether oxygens (including phenoxy) is 2. The molecule has 13 heavy (non-hydrogen) atoms. The summed E-state index contributed by atoms with van der Waals surface area (Å²) in [4.78, 5) is 13.7. The lowest BCUT2D eigenvalue weighted by Crippen LogP contribution is -2.43. The Hall–Kier alpha value is -0.610. The molecule has 1 amide bonds. The van der Waals surface area contributed by atoms with Crippen LogP contribution in [0.3, 0.4) is 0 Å². The molecule has 1 atom stereocenters. The highest BCUT2D eigenvalue weighted by Gasteiger charge is 2.28.